The van der Waals surface area contributed by atoms with Crippen molar-refractivity contribution in [1.29, 1.82) is 0 Å². The summed E-state index contributed by atoms with van der Waals surface area (Å²) in [7, 11) is 1.96. The number of benzene rings is 1. The van der Waals surface area contributed by atoms with E-state index >= 15 is 0 Å². The molecule has 4 rings (SSSR count). The average molecular weight is 374 g/mol. The van der Waals surface area contributed by atoms with Gasteiger partial charge in [0.2, 0.25) is 0 Å². The molecule has 3 aromatic heterocycles. The molecule has 0 aliphatic heterocycles. The molecule has 0 unspecified atom stereocenters. The molecule has 8 heteroatoms. The number of fused-ring (bicyclic) bond motifs is 1. The summed E-state index contributed by atoms with van der Waals surface area (Å²) in [6.45, 7) is 3.67. The second-order valence-electron chi connectivity index (χ2n) is 6.38. The van der Waals surface area contributed by atoms with Gasteiger partial charge in [0.25, 0.3) is 11.1 Å². The lowest BCUT2D eigenvalue weighted by Gasteiger charge is -2.14. The maximum Gasteiger partial charge on any atom is 0.268 e. The van der Waals surface area contributed by atoms with Crippen LogP contribution in [-0.4, -0.2) is 25.0 Å². The number of nitrogens with one attached hydrogen (secondary N) is 4. The molecule has 136 valence electrons. The van der Waals surface area contributed by atoms with E-state index in [1.165, 1.54) is 0 Å². The maximum absolute atomic E-state index is 12.5. The van der Waals surface area contributed by atoms with Gasteiger partial charge in [-0.3, -0.25) is 19.8 Å². The van der Waals surface area contributed by atoms with E-state index in [4.69, 9.17) is 0 Å². The molecule has 4 aromatic rings. The van der Waals surface area contributed by atoms with E-state index in [0.717, 1.165) is 27.9 Å². The van der Waals surface area contributed by atoms with Gasteiger partial charge >= 0.3 is 0 Å². The Labute approximate surface area is 154 Å². The maximum atomic E-state index is 12.5. The van der Waals surface area contributed by atoms with Gasteiger partial charge in [-0.25, -0.2) is 0 Å². The van der Waals surface area contributed by atoms with Crippen LogP contribution in [0.1, 0.15) is 34.0 Å². The highest BCUT2D eigenvalue weighted by Gasteiger charge is 2.30. The van der Waals surface area contributed by atoms with Crippen LogP contribution in [0.15, 0.2) is 40.1 Å². The number of aryl methyl sites for hydroxylation is 3. The predicted molar refractivity (Wildman–Crippen MR) is 103 cm³/mol. The molecular formula is C18H20ClN5O2. The van der Waals surface area contributed by atoms with Crippen LogP contribution in [-0.2, 0) is 7.05 Å². The van der Waals surface area contributed by atoms with Crippen molar-refractivity contribution in [1.82, 2.24) is 25.0 Å². The van der Waals surface area contributed by atoms with Crippen molar-refractivity contribution < 1.29 is 0 Å². The third kappa shape index (κ3) is 2.52. The Kier molecular flexibility index (Phi) is 4.41. The van der Waals surface area contributed by atoms with Crippen LogP contribution >= 0.6 is 12.4 Å². The van der Waals surface area contributed by atoms with Crippen LogP contribution in [0.25, 0.3) is 10.9 Å². The fourth-order valence-corrected chi connectivity index (χ4v) is 3.66. The molecule has 0 saturated heterocycles. The quantitative estimate of drug-likeness (QED) is 0.443. The molecule has 0 spiro atoms. The van der Waals surface area contributed by atoms with E-state index < -0.39 is 5.92 Å². The zero-order valence-corrected chi connectivity index (χ0v) is 15.5. The molecule has 0 amide bonds. The lowest BCUT2D eigenvalue weighted by molar-refractivity contribution is 0.906. The summed E-state index contributed by atoms with van der Waals surface area (Å²) in [5, 5.41) is 12.0. The van der Waals surface area contributed by atoms with E-state index in [1.807, 2.05) is 55.9 Å². The third-order valence-electron chi connectivity index (χ3n) is 4.84. The van der Waals surface area contributed by atoms with Gasteiger partial charge in [-0.2, -0.15) is 0 Å². The zero-order chi connectivity index (χ0) is 17.7. The van der Waals surface area contributed by atoms with Crippen molar-refractivity contribution in [2.24, 2.45) is 7.05 Å². The SMILES string of the molecule is Cc1[nH][nH]c(=O)c1C(c1c(C)[nH][nH]c1=O)c1cn(C)c2ccccc12.Cl. The molecule has 0 aliphatic carbocycles. The fourth-order valence-electron chi connectivity index (χ4n) is 3.66. The van der Waals surface area contributed by atoms with E-state index in [-0.39, 0.29) is 23.5 Å². The Hall–Kier alpha value is -2.93. The highest BCUT2D eigenvalue weighted by molar-refractivity contribution is 5.86. The Morgan fingerprint density at radius 2 is 1.42 bits per heavy atom. The van der Waals surface area contributed by atoms with E-state index in [9.17, 15) is 9.59 Å². The molecule has 0 aliphatic rings. The van der Waals surface area contributed by atoms with Crippen LogP contribution in [0.3, 0.4) is 0 Å². The first-order valence-electron chi connectivity index (χ1n) is 8.07. The first-order valence-corrected chi connectivity index (χ1v) is 8.07. The van der Waals surface area contributed by atoms with E-state index in [0.29, 0.717) is 11.1 Å². The molecule has 0 fully saturated rings. The molecule has 0 radical (unpaired) electrons. The van der Waals surface area contributed by atoms with Crippen molar-refractivity contribution in [3.63, 3.8) is 0 Å². The van der Waals surface area contributed by atoms with Gasteiger partial charge in [0, 0.05) is 35.5 Å². The van der Waals surface area contributed by atoms with Gasteiger partial charge in [0.15, 0.2) is 0 Å². The highest BCUT2D eigenvalue weighted by atomic mass is 35.5. The fraction of sp³-hybridized carbons (Fsp3) is 0.222. The molecule has 1 aromatic carbocycles. The van der Waals surface area contributed by atoms with E-state index in [1.54, 1.807) is 0 Å². The first-order chi connectivity index (χ1) is 12.0. The van der Waals surface area contributed by atoms with Gasteiger partial charge in [0.05, 0.1) is 17.0 Å². The average Bonchev–Trinajstić information content (AvgIpc) is 3.22. The summed E-state index contributed by atoms with van der Waals surface area (Å²) in [6.07, 6.45) is 1.99. The lowest BCUT2D eigenvalue weighted by Crippen LogP contribution is -2.20. The van der Waals surface area contributed by atoms with E-state index in [2.05, 4.69) is 20.4 Å². The van der Waals surface area contributed by atoms with Gasteiger partial charge in [0.1, 0.15) is 0 Å². The lowest BCUT2D eigenvalue weighted by atomic mass is 9.85. The number of hydrogen-bond donors (Lipinski definition) is 4. The summed E-state index contributed by atoms with van der Waals surface area (Å²) in [5.41, 5.74) is 4.13. The minimum Gasteiger partial charge on any atom is -0.350 e. The number of para-hydroxylation sites is 1. The Bertz CT molecular complexity index is 1140. The van der Waals surface area contributed by atoms with Crippen molar-refractivity contribution in [3.05, 3.63) is 79.2 Å². The monoisotopic (exact) mass is 373 g/mol. The molecule has 0 atom stereocenters. The summed E-state index contributed by atoms with van der Waals surface area (Å²) in [5.74, 6) is -0.462. The summed E-state index contributed by atoms with van der Waals surface area (Å²) >= 11 is 0. The molecule has 26 heavy (non-hydrogen) atoms. The summed E-state index contributed by atoms with van der Waals surface area (Å²) in [6, 6.07) is 7.98. The largest absolute Gasteiger partial charge is 0.350 e. The van der Waals surface area contributed by atoms with Crippen LogP contribution in [0.2, 0.25) is 0 Å². The number of halogens is 1. The van der Waals surface area contributed by atoms with Crippen LogP contribution in [0.4, 0.5) is 0 Å². The third-order valence-corrected chi connectivity index (χ3v) is 4.84. The molecular weight excluding hydrogens is 354 g/mol. The highest BCUT2D eigenvalue weighted by Crippen LogP contribution is 2.36. The normalized spacial score (nSPS) is 11.2. The van der Waals surface area contributed by atoms with Gasteiger partial charge in [-0.05, 0) is 25.5 Å². The topological polar surface area (TPSA) is 102 Å². The minimum atomic E-state index is -0.462. The molecule has 0 saturated carbocycles. The number of nitrogens with zero attached hydrogens (tertiary/aromatic N) is 1. The Morgan fingerprint density at radius 3 is 1.92 bits per heavy atom. The van der Waals surface area contributed by atoms with Crippen molar-refractivity contribution in [3.8, 4) is 0 Å². The Morgan fingerprint density at radius 1 is 0.885 bits per heavy atom. The van der Waals surface area contributed by atoms with Gasteiger partial charge < -0.3 is 14.8 Å². The Balaban J connectivity index is 0.00000196. The van der Waals surface area contributed by atoms with Gasteiger partial charge in [-0.1, -0.05) is 18.2 Å². The molecule has 3 heterocycles. The number of H-pyrrole nitrogens is 4. The number of aromatic nitrogens is 5. The van der Waals surface area contributed by atoms with Crippen molar-refractivity contribution >= 4 is 23.3 Å². The number of rotatable bonds is 3. The standard InChI is InChI=1S/C18H19N5O2.ClH/c1-9-14(17(24)21-19-9)16(15-10(2)20-22-18(15)25)12-8-23(3)13-7-5-4-6-11(12)13;/h4-8,16H,1-3H3,(H2,19,21,24)(H2,20,22,25);1H. The zero-order valence-electron chi connectivity index (χ0n) is 14.6. The van der Waals surface area contributed by atoms with Crippen LogP contribution < -0.4 is 11.1 Å². The molecule has 0 bridgehead atoms. The van der Waals surface area contributed by atoms with Crippen LogP contribution in [0.5, 0.6) is 0 Å². The van der Waals surface area contributed by atoms with Crippen molar-refractivity contribution in [2.75, 3.05) is 0 Å². The predicted octanol–water partition coefficient (Wildman–Crippen LogP) is 2.43. The second kappa shape index (κ2) is 6.42. The van der Waals surface area contributed by atoms with Crippen molar-refractivity contribution in [2.45, 2.75) is 19.8 Å². The number of aromatic amines is 4. The van der Waals surface area contributed by atoms with Gasteiger partial charge in [-0.15, -0.1) is 12.4 Å². The summed E-state index contributed by atoms with van der Waals surface area (Å²) in [4.78, 5) is 25.0. The first kappa shape index (κ1) is 17.9. The molecule has 4 N–H and O–H groups in total. The number of hydrogen-bond acceptors (Lipinski definition) is 2. The second-order valence-corrected chi connectivity index (χ2v) is 6.38. The summed E-state index contributed by atoms with van der Waals surface area (Å²) < 4.78 is 2.02. The molecule has 7 nitrogen and oxygen atoms in total. The van der Waals surface area contributed by atoms with Crippen LogP contribution in [0, 0.1) is 13.8 Å². The minimum absolute atomic E-state index is 0. The smallest absolute Gasteiger partial charge is 0.268 e.